The molecule has 0 aliphatic rings. The highest BCUT2D eigenvalue weighted by molar-refractivity contribution is 9.11. The molecule has 0 fully saturated rings. The van der Waals surface area contributed by atoms with Gasteiger partial charge in [-0.05, 0) is 26.8 Å². The molecule has 6 heteroatoms. The van der Waals surface area contributed by atoms with Crippen molar-refractivity contribution in [1.82, 2.24) is 10.6 Å². The number of nitrogens with zero attached hydrogens (tertiary/aromatic N) is 1. The maximum absolute atomic E-state index is 10.6. The van der Waals surface area contributed by atoms with Crippen LogP contribution in [0.3, 0.4) is 0 Å². The highest BCUT2D eigenvalue weighted by Crippen LogP contribution is 2.26. The third kappa shape index (κ3) is 4.68. The molecule has 3 N–H and O–H groups in total. The Morgan fingerprint density at radius 3 is 2.60 bits per heavy atom. The maximum atomic E-state index is 10.6. The van der Waals surface area contributed by atoms with Crippen LogP contribution < -0.4 is 10.6 Å². The predicted molar refractivity (Wildman–Crippen MR) is 85.2 cm³/mol. The topological polar surface area (TPSA) is 69.8 Å². The summed E-state index contributed by atoms with van der Waals surface area (Å²) in [7, 11) is 1.67. The van der Waals surface area contributed by atoms with Gasteiger partial charge in [0.05, 0.1) is 6.54 Å². The van der Waals surface area contributed by atoms with Crippen LogP contribution in [0.2, 0.25) is 0 Å². The molecule has 0 aliphatic carbocycles. The van der Waals surface area contributed by atoms with Crippen LogP contribution >= 0.6 is 15.9 Å². The second kappa shape index (κ2) is 6.95. The zero-order chi connectivity index (χ0) is 15.3. The van der Waals surface area contributed by atoms with Gasteiger partial charge >= 0.3 is 0 Å². The summed E-state index contributed by atoms with van der Waals surface area (Å²) in [6, 6.07) is 1.85. The zero-order valence-corrected chi connectivity index (χ0v) is 14.0. The molecule has 112 valence electrons. The molecule has 1 aromatic rings. The summed E-state index contributed by atoms with van der Waals surface area (Å²) in [6.45, 7) is 10.1. The number of hydrogen-bond donors (Lipinski definition) is 3. The summed E-state index contributed by atoms with van der Waals surface area (Å²) < 4.78 is 6.29. The SMILES string of the molecule is C=C(Br)CNC(=NC)NCC(C)(O)c1cc(C)oc1C. The van der Waals surface area contributed by atoms with Crippen LogP contribution in [0.15, 0.2) is 26.5 Å². The third-order valence-corrected chi connectivity index (χ3v) is 3.17. The van der Waals surface area contributed by atoms with Crippen molar-refractivity contribution in [2.75, 3.05) is 20.1 Å². The molecule has 0 amide bonds. The standard InChI is InChI=1S/C14H22BrN3O2/c1-9(15)7-17-13(16-5)18-8-14(4,19)12-6-10(2)20-11(12)3/h6,19H,1,7-8H2,2-5H3,(H2,16,17,18). The molecule has 5 nitrogen and oxygen atoms in total. The van der Waals surface area contributed by atoms with Crippen molar-refractivity contribution in [3.05, 3.63) is 34.2 Å². The minimum atomic E-state index is -1.04. The largest absolute Gasteiger partial charge is 0.466 e. The molecular formula is C14H22BrN3O2. The molecule has 0 radical (unpaired) electrons. The quantitative estimate of drug-likeness (QED) is 0.566. The second-order valence-corrected chi connectivity index (χ2v) is 6.02. The molecule has 0 spiro atoms. The Kier molecular flexibility index (Phi) is 5.83. The van der Waals surface area contributed by atoms with E-state index < -0.39 is 5.60 Å². The number of aliphatic hydroxyl groups is 1. The lowest BCUT2D eigenvalue weighted by molar-refractivity contribution is 0.0602. The minimum absolute atomic E-state index is 0.321. The van der Waals surface area contributed by atoms with Crippen molar-refractivity contribution in [3.63, 3.8) is 0 Å². The Morgan fingerprint density at radius 2 is 2.15 bits per heavy atom. The average molecular weight is 344 g/mol. The Balaban J connectivity index is 2.67. The second-order valence-electron chi connectivity index (χ2n) is 4.90. The van der Waals surface area contributed by atoms with Crippen LogP contribution in [0.4, 0.5) is 0 Å². The van der Waals surface area contributed by atoms with Crippen LogP contribution in [-0.2, 0) is 5.60 Å². The van der Waals surface area contributed by atoms with E-state index in [2.05, 4.69) is 38.1 Å². The highest BCUT2D eigenvalue weighted by Gasteiger charge is 2.27. The first-order valence-corrected chi connectivity index (χ1v) is 7.13. The first-order valence-electron chi connectivity index (χ1n) is 6.34. The van der Waals surface area contributed by atoms with E-state index in [1.54, 1.807) is 14.0 Å². The van der Waals surface area contributed by atoms with Crippen LogP contribution in [0, 0.1) is 13.8 Å². The maximum Gasteiger partial charge on any atom is 0.191 e. The molecular weight excluding hydrogens is 322 g/mol. The van der Waals surface area contributed by atoms with Crippen LogP contribution in [0.1, 0.15) is 24.0 Å². The number of guanidine groups is 1. The molecule has 0 aromatic carbocycles. The van der Waals surface area contributed by atoms with Crippen LogP contribution in [0.5, 0.6) is 0 Å². The van der Waals surface area contributed by atoms with Gasteiger partial charge in [-0.3, -0.25) is 4.99 Å². The Hall–Kier alpha value is -1.27. The fourth-order valence-electron chi connectivity index (χ4n) is 1.92. The van der Waals surface area contributed by atoms with Gasteiger partial charge in [-0.25, -0.2) is 0 Å². The molecule has 1 aromatic heterocycles. The van der Waals surface area contributed by atoms with Crippen molar-refractivity contribution in [2.24, 2.45) is 4.99 Å². The van der Waals surface area contributed by atoms with Gasteiger partial charge in [0, 0.05) is 23.6 Å². The summed E-state index contributed by atoms with van der Waals surface area (Å²) in [5.74, 6) is 2.12. The fourth-order valence-corrected chi connectivity index (χ4v) is 2.06. The van der Waals surface area contributed by atoms with E-state index in [0.29, 0.717) is 19.0 Å². The first-order chi connectivity index (χ1) is 9.26. The average Bonchev–Trinajstić information content (AvgIpc) is 2.69. The Morgan fingerprint density at radius 1 is 1.50 bits per heavy atom. The molecule has 1 heterocycles. The molecule has 0 bridgehead atoms. The predicted octanol–water partition coefficient (Wildman–Crippen LogP) is 2.18. The highest BCUT2D eigenvalue weighted by atomic mass is 79.9. The van der Waals surface area contributed by atoms with Gasteiger partial charge in [0.2, 0.25) is 0 Å². The number of hydrogen-bond acceptors (Lipinski definition) is 3. The van der Waals surface area contributed by atoms with Gasteiger partial charge in [-0.1, -0.05) is 22.5 Å². The fraction of sp³-hybridized carbons (Fsp3) is 0.500. The Bertz CT molecular complexity index is 507. The molecule has 1 atom stereocenters. The van der Waals surface area contributed by atoms with Gasteiger partial charge in [-0.15, -0.1) is 0 Å². The molecule has 1 unspecified atom stereocenters. The van der Waals surface area contributed by atoms with Crippen LogP contribution in [-0.4, -0.2) is 31.2 Å². The molecule has 1 rings (SSSR count). The molecule has 0 aliphatic heterocycles. The van der Waals surface area contributed by atoms with E-state index in [-0.39, 0.29) is 0 Å². The minimum Gasteiger partial charge on any atom is -0.466 e. The number of furan rings is 1. The number of nitrogens with one attached hydrogen (secondary N) is 2. The smallest absolute Gasteiger partial charge is 0.191 e. The zero-order valence-electron chi connectivity index (χ0n) is 12.4. The summed E-state index contributed by atoms with van der Waals surface area (Å²) in [5, 5.41) is 16.7. The normalized spacial score (nSPS) is 14.8. The monoisotopic (exact) mass is 343 g/mol. The van der Waals surface area contributed by atoms with Gasteiger partial charge in [0.25, 0.3) is 0 Å². The van der Waals surface area contributed by atoms with E-state index in [1.165, 1.54) is 0 Å². The number of rotatable bonds is 5. The molecule has 0 saturated heterocycles. The molecule has 0 saturated carbocycles. The van der Waals surface area contributed by atoms with Gasteiger partial charge in [0.1, 0.15) is 17.1 Å². The summed E-state index contributed by atoms with van der Waals surface area (Å²) in [6.07, 6.45) is 0. The van der Waals surface area contributed by atoms with Crippen molar-refractivity contribution in [1.29, 1.82) is 0 Å². The van der Waals surface area contributed by atoms with E-state index in [9.17, 15) is 5.11 Å². The summed E-state index contributed by atoms with van der Waals surface area (Å²) in [4.78, 5) is 4.08. The van der Waals surface area contributed by atoms with Gasteiger partial charge < -0.3 is 20.2 Å². The lowest BCUT2D eigenvalue weighted by Crippen LogP contribution is -2.44. The van der Waals surface area contributed by atoms with E-state index in [4.69, 9.17) is 4.42 Å². The molecule has 20 heavy (non-hydrogen) atoms. The van der Waals surface area contributed by atoms with Crippen molar-refractivity contribution >= 4 is 21.9 Å². The van der Waals surface area contributed by atoms with Crippen molar-refractivity contribution < 1.29 is 9.52 Å². The summed E-state index contributed by atoms with van der Waals surface area (Å²) in [5.41, 5.74) is -0.256. The summed E-state index contributed by atoms with van der Waals surface area (Å²) >= 11 is 3.27. The van der Waals surface area contributed by atoms with Gasteiger partial charge in [-0.2, -0.15) is 0 Å². The van der Waals surface area contributed by atoms with Crippen molar-refractivity contribution in [2.45, 2.75) is 26.4 Å². The Labute approximate surface area is 128 Å². The lowest BCUT2D eigenvalue weighted by atomic mass is 9.96. The van der Waals surface area contributed by atoms with E-state index in [1.807, 2.05) is 19.9 Å². The number of halogens is 1. The van der Waals surface area contributed by atoms with E-state index >= 15 is 0 Å². The van der Waals surface area contributed by atoms with E-state index in [0.717, 1.165) is 21.6 Å². The number of aryl methyl sites for hydroxylation is 2. The first kappa shape index (κ1) is 16.8. The van der Waals surface area contributed by atoms with Gasteiger partial charge in [0.15, 0.2) is 5.96 Å². The third-order valence-electron chi connectivity index (χ3n) is 2.89. The number of aliphatic imine (C=N–C) groups is 1. The van der Waals surface area contributed by atoms with Crippen LogP contribution in [0.25, 0.3) is 0 Å². The van der Waals surface area contributed by atoms with Crippen molar-refractivity contribution in [3.8, 4) is 0 Å². The lowest BCUT2D eigenvalue weighted by Gasteiger charge is -2.24.